The molecule has 1 aliphatic heterocycles. The number of rotatable bonds is 9. The molecular weight excluding hydrogens is 394 g/mol. The minimum Gasteiger partial charge on any atom is -0.493 e. The number of ether oxygens (including phenoxy) is 3. The highest BCUT2D eigenvalue weighted by atomic mass is 16.5. The Morgan fingerprint density at radius 2 is 1.45 bits per heavy atom. The van der Waals surface area contributed by atoms with Gasteiger partial charge >= 0.3 is 11.9 Å². The molecule has 31 heavy (non-hydrogen) atoms. The molecule has 2 aromatic carbocycles. The summed E-state index contributed by atoms with van der Waals surface area (Å²) in [4.78, 5) is 30.5. The molecule has 1 unspecified atom stereocenters. The number of carbonyl (C=O) groups excluding carboxylic acids is 2. The van der Waals surface area contributed by atoms with Crippen LogP contribution in [-0.4, -0.2) is 43.0 Å². The summed E-state index contributed by atoms with van der Waals surface area (Å²) in [5, 5.41) is 0. The van der Waals surface area contributed by atoms with Gasteiger partial charge in [0.05, 0.1) is 30.9 Å². The highest BCUT2D eigenvalue weighted by Crippen LogP contribution is 2.40. The molecule has 0 fully saturated rings. The Balaban J connectivity index is 2.03. The monoisotopic (exact) mass is 421 g/mol. The van der Waals surface area contributed by atoms with Crippen LogP contribution in [0.3, 0.4) is 0 Å². The second-order valence-corrected chi connectivity index (χ2v) is 7.20. The zero-order chi connectivity index (χ0) is 22.3. The number of nitrogens with zero attached hydrogens (tertiary/aromatic N) is 1. The van der Waals surface area contributed by atoms with Gasteiger partial charge in [0.2, 0.25) is 0 Å². The molecule has 0 radical (unpaired) electrons. The molecule has 0 N–H and O–H groups in total. The summed E-state index contributed by atoms with van der Waals surface area (Å²) in [6.07, 6.45) is 0.384. The number of aliphatic imine (C=N–C) groups is 1. The lowest BCUT2D eigenvalue weighted by Crippen LogP contribution is -2.31. The fourth-order valence-electron chi connectivity index (χ4n) is 3.57. The molecule has 3 rings (SSSR count). The summed E-state index contributed by atoms with van der Waals surface area (Å²) in [5.41, 5.74) is 0.664. The topological polar surface area (TPSA) is 74.2 Å². The van der Waals surface area contributed by atoms with Gasteiger partial charge in [-0.05, 0) is 38.5 Å². The van der Waals surface area contributed by atoms with Crippen molar-refractivity contribution in [2.75, 3.05) is 19.8 Å². The van der Waals surface area contributed by atoms with Crippen molar-refractivity contribution in [2.24, 2.45) is 4.99 Å². The van der Waals surface area contributed by atoms with Crippen molar-refractivity contribution in [1.29, 1.82) is 0 Å². The summed E-state index contributed by atoms with van der Waals surface area (Å²) in [5.74, 6) is -0.328. The normalized spacial score (nSPS) is 17.8. The van der Waals surface area contributed by atoms with Crippen LogP contribution < -0.4 is 4.74 Å². The van der Waals surface area contributed by atoms with E-state index < -0.39 is 17.5 Å². The molecule has 0 amide bonds. The largest absolute Gasteiger partial charge is 0.493 e. The summed E-state index contributed by atoms with van der Waals surface area (Å²) in [6.45, 7) is 6.04. The van der Waals surface area contributed by atoms with E-state index in [2.05, 4.69) is 0 Å². The molecule has 1 heterocycles. The van der Waals surface area contributed by atoms with Crippen LogP contribution in [0.5, 0.6) is 5.75 Å². The van der Waals surface area contributed by atoms with Crippen LogP contribution in [0, 0.1) is 0 Å². The molecule has 2 aromatic rings. The first kappa shape index (κ1) is 22.3. The van der Waals surface area contributed by atoms with Crippen LogP contribution in [0.4, 0.5) is 0 Å². The summed E-state index contributed by atoms with van der Waals surface area (Å²) < 4.78 is 16.5. The van der Waals surface area contributed by atoms with E-state index in [1.807, 2.05) is 67.6 Å². The minimum absolute atomic E-state index is 0.137. The maximum atomic E-state index is 13.1. The fraction of sp³-hybridized carbons (Fsp3) is 0.320. The molecule has 1 aliphatic rings. The molecule has 6 heteroatoms. The van der Waals surface area contributed by atoms with E-state index in [0.29, 0.717) is 29.7 Å². The lowest BCUT2D eigenvalue weighted by molar-refractivity contribution is -0.139. The first-order valence-electron chi connectivity index (χ1n) is 10.4. The number of hydrogen-bond donors (Lipinski definition) is 0. The number of benzene rings is 2. The van der Waals surface area contributed by atoms with E-state index in [-0.39, 0.29) is 18.9 Å². The maximum Gasteiger partial charge on any atom is 0.357 e. The van der Waals surface area contributed by atoms with Crippen LogP contribution in [0.25, 0.3) is 5.57 Å². The Hall–Kier alpha value is -3.41. The van der Waals surface area contributed by atoms with Crippen LogP contribution in [0.1, 0.15) is 32.8 Å². The van der Waals surface area contributed by atoms with Crippen LogP contribution >= 0.6 is 0 Å². The Morgan fingerprint density at radius 1 is 0.871 bits per heavy atom. The number of esters is 2. The standard InChI is InChI=1S/C25H27NO5/c1-4-29-23(27)21-20(18-12-8-6-9-13-18)22(24(28)30-5-2)26-25(21,3)16-17-31-19-14-10-7-11-15-19/h6-15H,4-5,16-17H2,1-3H3. The Labute approximate surface area is 182 Å². The summed E-state index contributed by atoms with van der Waals surface area (Å²) in [7, 11) is 0. The van der Waals surface area contributed by atoms with E-state index in [1.165, 1.54) is 0 Å². The number of hydrogen-bond acceptors (Lipinski definition) is 6. The molecule has 0 aliphatic carbocycles. The van der Waals surface area contributed by atoms with Gasteiger partial charge in [-0.15, -0.1) is 0 Å². The molecule has 6 nitrogen and oxygen atoms in total. The number of para-hydroxylation sites is 1. The lowest BCUT2D eigenvalue weighted by Gasteiger charge is -2.24. The average Bonchev–Trinajstić information content (AvgIpc) is 3.09. The highest BCUT2D eigenvalue weighted by molar-refractivity contribution is 6.57. The van der Waals surface area contributed by atoms with Gasteiger partial charge in [-0.2, -0.15) is 0 Å². The van der Waals surface area contributed by atoms with Crippen molar-refractivity contribution < 1.29 is 23.8 Å². The van der Waals surface area contributed by atoms with Crippen LogP contribution in [-0.2, 0) is 19.1 Å². The molecule has 0 saturated heterocycles. The Bertz CT molecular complexity index is 981. The number of carbonyl (C=O) groups is 2. The maximum absolute atomic E-state index is 13.1. The van der Waals surface area contributed by atoms with Crippen molar-refractivity contribution in [3.63, 3.8) is 0 Å². The van der Waals surface area contributed by atoms with Crippen molar-refractivity contribution in [1.82, 2.24) is 0 Å². The average molecular weight is 421 g/mol. The minimum atomic E-state index is -0.992. The summed E-state index contributed by atoms with van der Waals surface area (Å²) in [6, 6.07) is 18.7. The molecular formula is C25H27NO5. The van der Waals surface area contributed by atoms with E-state index >= 15 is 0 Å². The van der Waals surface area contributed by atoms with Gasteiger partial charge in [-0.25, -0.2) is 9.59 Å². The smallest absolute Gasteiger partial charge is 0.357 e. The summed E-state index contributed by atoms with van der Waals surface area (Å²) >= 11 is 0. The van der Waals surface area contributed by atoms with Gasteiger partial charge in [0, 0.05) is 12.0 Å². The molecule has 0 spiro atoms. The van der Waals surface area contributed by atoms with Gasteiger partial charge in [0.25, 0.3) is 0 Å². The van der Waals surface area contributed by atoms with Gasteiger partial charge in [0.1, 0.15) is 5.75 Å². The SMILES string of the molecule is CCOC(=O)C1=NC(C)(CCOc2ccccc2)C(C(=O)OCC)=C1c1ccccc1. The first-order valence-corrected chi connectivity index (χ1v) is 10.4. The van der Waals surface area contributed by atoms with Crippen LogP contribution in [0.2, 0.25) is 0 Å². The van der Waals surface area contributed by atoms with Gasteiger partial charge < -0.3 is 14.2 Å². The third kappa shape index (κ3) is 5.02. The van der Waals surface area contributed by atoms with E-state index in [0.717, 1.165) is 5.75 Å². The van der Waals surface area contributed by atoms with Crippen molar-refractivity contribution >= 4 is 23.2 Å². The first-order chi connectivity index (χ1) is 15.0. The molecule has 0 bridgehead atoms. The highest BCUT2D eigenvalue weighted by Gasteiger charge is 2.45. The van der Waals surface area contributed by atoms with Crippen molar-refractivity contribution in [2.45, 2.75) is 32.7 Å². The predicted octanol–water partition coefficient (Wildman–Crippen LogP) is 4.25. The fourth-order valence-corrected chi connectivity index (χ4v) is 3.57. The zero-order valence-corrected chi connectivity index (χ0v) is 18.1. The second-order valence-electron chi connectivity index (χ2n) is 7.20. The van der Waals surface area contributed by atoms with Gasteiger partial charge in [0.15, 0.2) is 5.71 Å². The van der Waals surface area contributed by atoms with E-state index in [4.69, 9.17) is 19.2 Å². The van der Waals surface area contributed by atoms with Gasteiger partial charge in [-0.1, -0.05) is 48.5 Å². The quantitative estimate of drug-likeness (QED) is 0.566. The van der Waals surface area contributed by atoms with Crippen LogP contribution in [0.15, 0.2) is 71.2 Å². The second kappa shape index (κ2) is 10.1. The third-order valence-corrected chi connectivity index (χ3v) is 5.00. The Morgan fingerprint density at radius 3 is 2.06 bits per heavy atom. The molecule has 1 atom stereocenters. The molecule has 0 aromatic heterocycles. The van der Waals surface area contributed by atoms with E-state index in [1.54, 1.807) is 13.8 Å². The van der Waals surface area contributed by atoms with Gasteiger partial charge in [-0.3, -0.25) is 4.99 Å². The Kier molecular flexibility index (Phi) is 7.23. The zero-order valence-electron chi connectivity index (χ0n) is 18.1. The van der Waals surface area contributed by atoms with Crippen molar-refractivity contribution in [3.8, 4) is 5.75 Å². The molecule has 0 saturated carbocycles. The predicted molar refractivity (Wildman–Crippen MR) is 119 cm³/mol. The lowest BCUT2D eigenvalue weighted by atomic mass is 9.85. The van der Waals surface area contributed by atoms with Crippen molar-refractivity contribution in [3.05, 3.63) is 71.8 Å². The van der Waals surface area contributed by atoms with E-state index in [9.17, 15) is 9.59 Å². The third-order valence-electron chi connectivity index (χ3n) is 5.00. The molecule has 162 valence electrons.